The lowest BCUT2D eigenvalue weighted by molar-refractivity contribution is -0.153. The van der Waals surface area contributed by atoms with E-state index in [1.54, 1.807) is 12.1 Å². The van der Waals surface area contributed by atoms with E-state index >= 15 is 0 Å². The molecule has 3 fully saturated rings. The molecular formula is C24H31Cl2N5O2. The lowest BCUT2D eigenvalue weighted by Gasteiger charge is -2.54. The summed E-state index contributed by atoms with van der Waals surface area (Å²) in [6.45, 7) is 5.83. The van der Waals surface area contributed by atoms with E-state index in [-0.39, 0.29) is 24.0 Å². The molecule has 0 N–H and O–H groups in total. The third kappa shape index (κ3) is 4.93. The smallest absolute Gasteiger partial charge is 0.227 e. The number of halogens is 2. The van der Waals surface area contributed by atoms with E-state index in [4.69, 9.17) is 27.9 Å². The number of rotatable bonds is 5. The van der Waals surface area contributed by atoms with Gasteiger partial charge >= 0.3 is 0 Å². The fourth-order valence-electron chi connectivity index (χ4n) is 5.65. The number of aromatic nitrogens is 2. The van der Waals surface area contributed by atoms with E-state index < -0.39 is 0 Å². The van der Waals surface area contributed by atoms with Crippen LogP contribution in [0.5, 0.6) is 0 Å². The first kappa shape index (κ1) is 23.1. The van der Waals surface area contributed by atoms with Crippen LogP contribution in [-0.2, 0) is 29.5 Å². The number of carbonyl (C=O) groups is 1. The molecule has 9 heteroatoms. The van der Waals surface area contributed by atoms with Crippen LogP contribution in [0.25, 0.3) is 0 Å². The normalized spacial score (nSPS) is 26.5. The maximum Gasteiger partial charge on any atom is 0.227 e. The summed E-state index contributed by atoms with van der Waals surface area (Å²) in [5.41, 5.74) is 2.09. The number of likely N-dealkylation sites (tertiary alicyclic amines) is 1. The predicted molar refractivity (Wildman–Crippen MR) is 128 cm³/mol. The van der Waals surface area contributed by atoms with Gasteiger partial charge in [-0.15, -0.1) is 0 Å². The highest BCUT2D eigenvalue weighted by molar-refractivity contribution is 6.42. The Balaban J connectivity index is 1.39. The van der Waals surface area contributed by atoms with Gasteiger partial charge in [0.2, 0.25) is 5.91 Å². The number of hydrogen-bond donors (Lipinski definition) is 0. The van der Waals surface area contributed by atoms with Crippen LogP contribution in [-0.4, -0.2) is 87.9 Å². The second kappa shape index (κ2) is 9.92. The quantitative estimate of drug-likeness (QED) is 0.643. The molecule has 0 aliphatic carbocycles. The third-order valence-corrected chi connectivity index (χ3v) is 7.98. The summed E-state index contributed by atoms with van der Waals surface area (Å²) in [4.78, 5) is 20.7. The first-order valence-electron chi connectivity index (χ1n) is 11.8. The molecule has 3 aliphatic rings. The van der Waals surface area contributed by atoms with Gasteiger partial charge in [0.15, 0.2) is 0 Å². The summed E-state index contributed by atoms with van der Waals surface area (Å²) in [7, 11) is 1.94. The van der Waals surface area contributed by atoms with Crippen LogP contribution in [0.15, 0.2) is 30.6 Å². The number of carbonyl (C=O) groups excluding carboxylic acids is 1. The van der Waals surface area contributed by atoms with Crippen LogP contribution < -0.4 is 0 Å². The van der Waals surface area contributed by atoms with E-state index in [1.165, 1.54) is 18.4 Å². The Morgan fingerprint density at radius 1 is 1.06 bits per heavy atom. The van der Waals surface area contributed by atoms with Gasteiger partial charge in [-0.3, -0.25) is 19.3 Å². The van der Waals surface area contributed by atoms with Crippen molar-refractivity contribution in [2.45, 2.75) is 43.9 Å². The molecule has 178 valence electrons. The van der Waals surface area contributed by atoms with E-state index in [0.29, 0.717) is 36.2 Å². The summed E-state index contributed by atoms with van der Waals surface area (Å²) in [6.07, 6.45) is 6.75. The van der Waals surface area contributed by atoms with Crippen LogP contribution >= 0.6 is 23.2 Å². The number of hydrogen-bond acceptors (Lipinski definition) is 5. The molecule has 2 aromatic rings. The minimum Gasteiger partial charge on any atom is -0.378 e. The molecule has 0 saturated carbocycles. The van der Waals surface area contributed by atoms with Gasteiger partial charge in [-0.1, -0.05) is 29.3 Å². The Morgan fingerprint density at radius 2 is 1.85 bits per heavy atom. The minimum atomic E-state index is 0.109. The molecule has 1 amide bonds. The molecule has 4 heterocycles. The number of piperazine rings is 1. The van der Waals surface area contributed by atoms with Crippen molar-refractivity contribution in [1.29, 1.82) is 0 Å². The fraction of sp³-hybridized carbons (Fsp3) is 0.583. The average Bonchev–Trinajstić information content (AvgIpc) is 3.48. The fourth-order valence-corrected chi connectivity index (χ4v) is 5.97. The second-order valence-corrected chi connectivity index (χ2v) is 10.2. The molecule has 7 nitrogen and oxygen atoms in total. The number of ether oxygens (including phenoxy) is 1. The summed E-state index contributed by atoms with van der Waals surface area (Å²) in [5, 5.41) is 5.33. The van der Waals surface area contributed by atoms with Gasteiger partial charge in [-0.25, -0.2) is 0 Å². The molecule has 0 radical (unpaired) electrons. The van der Waals surface area contributed by atoms with Crippen molar-refractivity contribution >= 4 is 29.1 Å². The number of benzene rings is 1. The van der Waals surface area contributed by atoms with Crippen LogP contribution in [0.3, 0.4) is 0 Å². The van der Waals surface area contributed by atoms with E-state index in [2.05, 4.69) is 26.0 Å². The van der Waals surface area contributed by atoms with E-state index in [9.17, 15) is 4.79 Å². The van der Waals surface area contributed by atoms with Crippen molar-refractivity contribution in [1.82, 2.24) is 24.5 Å². The Bertz CT molecular complexity index is 993. The average molecular weight is 492 g/mol. The van der Waals surface area contributed by atoms with Gasteiger partial charge in [0.1, 0.15) is 0 Å². The maximum absolute atomic E-state index is 13.6. The molecule has 5 rings (SSSR count). The molecule has 3 atom stereocenters. The van der Waals surface area contributed by atoms with Crippen molar-refractivity contribution in [2.75, 3.05) is 39.4 Å². The Morgan fingerprint density at radius 3 is 2.58 bits per heavy atom. The number of fused-ring (bicyclic) bond motifs is 1. The largest absolute Gasteiger partial charge is 0.378 e. The highest BCUT2D eigenvalue weighted by Crippen LogP contribution is 2.31. The van der Waals surface area contributed by atoms with Crippen molar-refractivity contribution in [3.8, 4) is 0 Å². The number of nitrogens with zero attached hydrogens (tertiary/aromatic N) is 5. The third-order valence-electron chi connectivity index (χ3n) is 7.24. The van der Waals surface area contributed by atoms with Crippen molar-refractivity contribution < 1.29 is 9.53 Å². The first-order chi connectivity index (χ1) is 16.0. The molecule has 0 spiro atoms. The highest BCUT2D eigenvalue weighted by atomic mass is 35.5. The van der Waals surface area contributed by atoms with E-state index in [0.717, 1.165) is 31.7 Å². The van der Waals surface area contributed by atoms with Gasteiger partial charge < -0.3 is 9.64 Å². The zero-order valence-corrected chi connectivity index (χ0v) is 20.5. The Kier molecular flexibility index (Phi) is 6.95. The lowest BCUT2D eigenvalue weighted by atomic mass is 9.90. The molecule has 0 bridgehead atoms. The van der Waals surface area contributed by atoms with Gasteiger partial charge in [-0.2, -0.15) is 5.10 Å². The van der Waals surface area contributed by atoms with Crippen LogP contribution in [0.4, 0.5) is 0 Å². The van der Waals surface area contributed by atoms with Gasteiger partial charge in [0.05, 0.1) is 54.0 Å². The predicted octanol–water partition coefficient (Wildman–Crippen LogP) is 2.85. The lowest BCUT2D eigenvalue weighted by Crippen LogP contribution is -2.71. The molecule has 1 unspecified atom stereocenters. The van der Waals surface area contributed by atoms with Gasteiger partial charge in [0.25, 0.3) is 0 Å². The van der Waals surface area contributed by atoms with Crippen molar-refractivity contribution in [3.63, 3.8) is 0 Å². The van der Waals surface area contributed by atoms with Crippen molar-refractivity contribution in [3.05, 3.63) is 51.8 Å². The van der Waals surface area contributed by atoms with Gasteiger partial charge in [-0.05, 0) is 43.6 Å². The SMILES string of the molecule is Cn1cc(CN2CCN(C(=O)Cc3ccc(Cl)c(Cl)c3)[C@@H]3C(N4CCCC4)COC[C@H]32)cn1. The summed E-state index contributed by atoms with van der Waals surface area (Å²) >= 11 is 12.3. The highest BCUT2D eigenvalue weighted by Gasteiger charge is 2.47. The zero-order chi connectivity index (χ0) is 22.9. The summed E-state index contributed by atoms with van der Waals surface area (Å²) in [5.74, 6) is 0.149. The summed E-state index contributed by atoms with van der Waals surface area (Å²) < 4.78 is 7.98. The Labute approximate surface area is 205 Å². The molecule has 3 saturated heterocycles. The molecule has 3 aliphatic heterocycles. The first-order valence-corrected chi connectivity index (χ1v) is 12.5. The van der Waals surface area contributed by atoms with Crippen molar-refractivity contribution in [2.24, 2.45) is 7.05 Å². The maximum atomic E-state index is 13.6. The monoisotopic (exact) mass is 491 g/mol. The van der Waals surface area contributed by atoms with Crippen LogP contribution in [0, 0.1) is 0 Å². The van der Waals surface area contributed by atoms with Gasteiger partial charge in [0, 0.05) is 38.4 Å². The molecule has 1 aromatic heterocycles. The standard InChI is InChI=1S/C24H31Cl2N5O2/c1-28-13-18(12-27-28)14-30-8-9-31(23(32)11-17-4-5-19(25)20(26)10-17)24-21(15-33-16-22(24)30)29-6-2-3-7-29/h4-5,10,12-13,21-22,24H,2-3,6-9,11,14-16H2,1H3/t21?,22-,24-/m1/s1. The van der Waals surface area contributed by atoms with E-state index in [1.807, 2.05) is 24.0 Å². The molecular weight excluding hydrogens is 461 g/mol. The zero-order valence-electron chi connectivity index (χ0n) is 19.0. The number of aryl methyl sites for hydroxylation is 1. The Hall–Kier alpha value is -1.64. The second-order valence-electron chi connectivity index (χ2n) is 9.41. The van der Waals surface area contributed by atoms with Crippen LogP contribution in [0.1, 0.15) is 24.0 Å². The molecule has 33 heavy (non-hydrogen) atoms. The minimum absolute atomic E-state index is 0.109. The van der Waals surface area contributed by atoms with Crippen LogP contribution in [0.2, 0.25) is 10.0 Å². The number of amides is 1. The topological polar surface area (TPSA) is 53.8 Å². The summed E-state index contributed by atoms with van der Waals surface area (Å²) in [6, 6.07) is 5.96. The molecule has 1 aromatic carbocycles.